The Kier molecular flexibility index (Phi) is 8.13. The number of halogens is 1. The van der Waals surface area contributed by atoms with Gasteiger partial charge in [-0.2, -0.15) is 4.98 Å². The van der Waals surface area contributed by atoms with Crippen molar-refractivity contribution < 1.29 is 17.9 Å². The summed E-state index contributed by atoms with van der Waals surface area (Å²) in [4.78, 5) is 27.5. The van der Waals surface area contributed by atoms with E-state index in [1.807, 2.05) is 43.9 Å². The quantitative estimate of drug-likeness (QED) is 0.398. The topological polar surface area (TPSA) is 105 Å². The molecule has 2 atom stereocenters. The molecule has 1 spiro atoms. The molecule has 1 saturated heterocycles. The highest BCUT2D eigenvalue weighted by atomic mass is 35.5. The fourth-order valence-corrected chi connectivity index (χ4v) is 8.92. The normalized spacial score (nSPS) is 24.2. The second-order valence-corrected chi connectivity index (χ2v) is 14.5. The maximum absolute atomic E-state index is 14.0. The molecule has 234 valence electrons. The molecule has 0 unspecified atom stereocenters. The molecular formula is C33H40ClN5O4S. The van der Waals surface area contributed by atoms with Gasteiger partial charge in [-0.25, -0.2) is 18.1 Å². The van der Waals surface area contributed by atoms with Crippen LogP contribution in [0.3, 0.4) is 0 Å². The number of benzene rings is 2. The van der Waals surface area contributed by atoms with Crippen LogP contribution in [0.4, 0.5) is 5.95 Å². The zero-order valence-electron chi connectivity index (χ0n) is 25.5. The minimum atomic E-state index is -4.08. The van der Waals surface area contributed by atoms with Crippen LogP contribution in [0.25, 0.3) is 11.3 Å². The Bertz CT molecular complexity index is 1660. The number of nitrogens with zero attached hydrogens (tertiary/aromatic N) is 4. The first kappa shape index (κ1) is 30.8. The number of aryl methyl sites for hydroxylation is 2. The maximum atomic E-state index is 14.0. The molecule has 3 aromatic rings. The molecule has 2 aliphatic heterocycles. The van der Waals surface area contributed by atoms with Crippen molar-refractivity contribution in [2.75, 3.05) is 24.4 Å². The first-order valence-corrected chi connectivity index (χ1v) is 16.9. The summed E-state index contributed by atoms with van der Waals surface area (Å²) in [5, 5.41) is 0. The highest BCUT2D eigenvalue weighted by Gasteiger charge is 2.51. The van der Waals surface area contributed by atoms with Crippen molar-refractivity contribution in [1.82, 2.24) is 19.8 Å². The van der Waals surface area contributed by atoms with Crippen LogP contribution < -0.4 is 9.46 Å². The first-order valence-electron chi connectivity index (χ1n) is 15.4. The number of aromatic nitrogens is 2. The summed E-state index contributed by atoms with van der Waals surface area (Å²) >= 11 is 0. The molecular weight excluding hydrogens is 598 g/mol. The van der Waals surface area contributed by atoms with E-state index in [9.17, 15) is 13.2 Å². The van der Waals surface area contributed by atoms with Crippen molar-refractivity contribution >= 4 is 34.3 Å². The minimum absolute atomic E-state index is 0. The van der Waals surface area contributed by atoms with Crippen LogP contribution in [0.2, 0.25) is 0 Å². The number of ether oxygens (including phenoxy) is 1. The van der Waals surface area contributed by atoms with Crippen molar-refractivity contribution in [2.45, 2.75) is 82.4 Å². The summed E-state index contributed by atoms with van der Waals surface area (Å²) < 4.78 is 36.3. The zero-order valence-corrected chi connectivity index (χ0v) is 27.1. The van der Waals surface area contributed by atoms with Gasteiger partial charge in [-0.1, -0.05) is 37.1 Å². The zero-order chi connectivity index (χ0) is 29.9. The van der Waals surface area contributed by atoms with Gasteiger partial charge in [0.2, 0.25) is 11.8 Å². The molecule has 1 N–H and O–H groups in total. The molecule has 3 fully saturated rings. The van der Waals surface area contributed by atoms with E-state index in [1.165, 1.54) is 50.7 Å². The lowest BCUT2D eigenvalue weighted by molar-refractivity contribution is 0.0113. The van der Waals surface area contributed by atoms with E-state index < -0.39 is 10.0 Å². The second-order valence-electron chi connectivity index (χ2n) is 12.9. The smallest absolute Gasteiger partial charge is 0.264 e. The van der Waals surface area contributed by atoms with Crippen molar-refractivity contribution in [1.29, 1.82) is 0 Å². The molecule has 0 radical (unpaired) electrons. The average molecular weight is 638 g/mol. The lowest BCUT2D eigenvalue weighted by Gasteiger charge is -2.49. The van der Waals surface area contributed by atoms with Crippen LogP contribution in [0.5, 0.6) is 5.88 Å². The highest BCUT2D eigenvalue weighted by Crippen LogP contribution is 2.55. The minimum Gasteiger partial charge on any atom is -0.471 e. The molecule has 4 aliphatic rings. The van der Waals surface area contributed by atoms with Crippen molar-refractivity contribution in [3.8, 4) is 17.1 Å². The SMILES string of the molecule is CCN1C(=O)c2cccc(c2)S(=O)(=O)Nc2nc(cc(-c3c(C)cccc3C)n2)O[C@@H]2CN(C3CC4(CCCC4)C3)C[C@H]21.Cl. The Hall–Kier alpha value is -3.21. The van der Waals surface area contributed by atoms with Gasteiger partial charge in [0.05, 0.1) is 16.6 Å². The van der Waals surface area contributed by atoms with E-state index in [0.29, 0.717) is 42.3 Å². The van der Waals surface area contributed by atoms with E-state index in [-0.39, 0.29) is 47.2 Å². The monoisotopic (exact) mass is 637 g/mol. The van der Waals surface area contributed by atoms with Gasteiger partial charge in [0, 0.05) is 42.9 Å². The summed E-state index contributed by atoms with van der Waals surface area (Å²) in [5.41, 5.74) is 4.37. The van der Waals surface area contributed by atoms with Crippen molar-refractivity contribution in [2.24, 2.45) is 5.41 Å². The summed E-state index contributed by atoms with van der Waals surface area (Å²) in [6, 6.07) is 14.3. The lowest BCUT2D eigenvalue weighted by Crippen LogP contribution is -2.50. The number of hydrogen-bond donors (Lipinski definition) is 1. The van der Waals surface area contributed by atoms with Gasteiger partial charge < -0.3 is 9.64 Å². The first-order chi connectivity index (χ1) is 20.6. The summed E-state index contributed by atoms with van der Waals surface area (Å²) in [7, 11) is -4.08. The van der Waals surface area contributed by atoms with Gasteiger partial charge >= 0.3 is 0 Å². The third-order valence-electron chi connectivity index (χ3n) is 10.1. The van der Waals surface area contributed by atoms with E-state index in [1.54, 1.807) is 18.2 Å². The number of anilines is 1. The van der Waals surface area contributed by atoms with E-state index in [4.69, 9.17) is 4.74 Å². The molecule has 1 aromatic heterocycles. The molecule has 11 heteroatoms. The Morgan fingerprint density at radius 3 is 2.41 bits per heavy atom. The number of hydrogen-bond acceptors (Lipinski definition) is 7. The van der Waals surface area contributed by atoms with E-state index >= 15 is 0 Å². The fourth-order valence-electron chi connectivity index (χ4n) is 7.93. The number of carbonyl (C=O) groups is 1. The standard InChI is InChI=1S/C33H39N5O4S.ClH/c1-4-38-27-19-37(24-17-33(18-24)13-5-6-14-33)20-28(27)42-29-16-26(30-21(2)9-7-10-22(30)3)34-32(35-29)36-43(40,41)25-12-8-11-23(15-25)31(38)39;/h7-12,15-16,24,27-28H,4-6,13-14,17-20H2,1-3H3,(H,34,35,36);1H/t27-,28-;/m1./s1. The summed E-state index contributed by atoms with van der Waals surface area (Å²) in [5.74, 6) is 0.0266. The van der Waals surface area contributed by atoms with Gasteiger partial charge in [0.15, 0.2) is 0 Å². The van der Waals surface area contributed by atoms with Gasteiger partial charge in [0.1, 0.15) is 6.10 Å². The molecule has 4 bridgehead atoms. The number of sulfonamides is 1. The van der Waals surface area contributed by atoms with E-state index in [0.717, 1.165) is 16.7 Å². The third-order valence-corrected chi connectivity index (χ3v) is 11.4. The molecule has 2 aliphatic carbocycles. The third kappa shape index (κ3) is 5.45. The van der Waals surface area contributed by atoms with Crippen LogP contribution >= 0.6 is 12.4 Å². The lowest BCUT2D eigenvalue weighted by atomic mass is 9.64. The van der Waals surface area contributed by atoms with Crippen molar-refractivity contribution in [3.05, 3.63) is 65.2 Å². The van der Waals surface area contributed by atoms with Crippen LogP contribution in [0.15, 0.2) is 53.4 Å². The van der Waals surface area contributed by atoms with Gasteiger partial charge in [0.25, 0.3) is 15.9 Å². The molecule has 2 saturated carbocycles. The fraction of sp³-hybridized carbons (Fsp3) is 0.485. The molecule has 1 amide bonds. The van der Waals surface area contributed by atoms with Gasteiger partial charge in [-0.3, -0.25) is 9.69 Å². The van der Waals surface area contributed by atoms with Crippen LogP contribution in [0, 0.1) is 19.3 Å². The Balaban J connectivity index is 0.00000343. The number of carbonyl (C=O) groups excluding carboxylic acids is 1. The average Bonchev–Trinajstić information content (AvgIpc) is 3.60. The molecule has 7 rings (SSSR count). The van der Waals surface area contributed by atoms with Crippen LogP contribution in [-0.4, -0.2) is 71.9 Å². The number of rotatable bonds is 3. The van der Waals surface area contributed by atoms with Crippen LogP contribution in [-0.2, 0) is 10.0 Å². The van der Waals surface area contributed by atoms with Gasteiger partial charge in [-0.05, 0) is 81.2 Å². The summed E-state index contributed by atoms with van der Waals surface area (Å²) in [6.07, 6.45) is 7.42. The maximum Gasteiger partial charge on any atom is 0.264 e. The van der Waals surface area contributed by atoms with E-state index in [2.05, 4.69) is 19.6 Å². The number of fused-ring (bicyclic) bond motifs is 5. The van der Waals surface area contributed by atoms with Crippen LogP contribution in [0.1, 0.15) is 66.9 Å². The molecule has 2 aromatic carbocycles. The molecule has 9 nitrogen and oxygen atoms in total. The predicted molar refractivity (Wildman–Crippen MR) is 172 cm³/mol. The number of likely N-dealkylation sites (N-methyl/N-ethyl adjacent to an activating group) is 1. The second kappa shape index (κ2) is 11.6. The summed E-state index contributed by atoms with van der Waals surface area (Å²) in [6.45, 7) is 7.85. The van der Waals surface area contributed by atoms with Gasteiger partial charge in [-0.15, -0.1) is 12.4 Å². The highest BCUT2D eigenvalue weighted by molar-refractivity contribution is 7.92. The predicted octanol–water partition coefficient (Wildman–Crippen LogP) is 5.61. The Morgan fingerprint density at radius 2 is 1.70 bits per heavy atom. The molecule has 3 heterocycles. The van der Waals surface area contributed by atoms with Crippen molar-refractivity contribution in [3.63, 3.8) is 0 Å². The molecule has 44 heavy (non-hydrogen) atoms. The number of likely N-dealkylation sites (tertiary alicyclic amines) is 1. The number of amides is 1. The Morgan fingerprint density at radius 1 is 1.00 bits per heavy atom. The Labute approximate surface area is 265 Å². The largest absolute Gasteiger partial charge is 0.471 e. The number of nitrogens with one attached hydrogen (secondary N) is 1.